The van der Waals surface area contributed by atoms with Crippen molar-refractivity contribution in [2.45, 2.75) is 68.6 Å². The summed E-state index contributed by atoms with van der Waals surface area (Å²) < 4.78 is 11.2. The van der Waals surface area contributed by atoms with Crippen molar-refractivity contribution in [3.8, 4) is 0 Å². The molecular weight excluding hydrogens is 526 g/mol. The van der Waals surface area contributed by atoms with Crippen molar-refractivity contribution < 1.29 is 33.5 Å². The quantitative estimate of drug-likeness (QED) is 0.0746. The van der Waals surface area contributed by atoms with E-state index >= 15 is 0 Å². The predicted molar refractivity (Wildman–Crippen MR) is 145 cm³/mol. The van der Waals surface area contributed by atoms with E-state index < -0.39 is 12.1 Å². The van der Waals surface area contributed by atoms with Gasteiger partial charge in [0.25, 0.3) is 0 Å². The van der Waals surface area contributed by atoms with Gasteiger partial charge in [-0.25, -0.2) is 10.7 Å². The largest absolute Gasteiger partial charge is 0.461 e. The van der Waals surface area contributed by atoms with Crippen molar-refractivity contribution in [1.29, 1.82) is 0 Å². The fourth-order valence-electron chi connectivity index (χ4n) is 4.51. The minimum Gasteiger partial charge on any atom is -0.461 e. The number of unbranched alkanes of at least 4 members (excludes halogenated alkanes) is 1. The zero-order valence-electron chi connectivity index (χ0n) is 22.0. The van der Waals surface area contributed by atoms with Gasteiger partial charge >= 0.3 is 12.0 Å². The number of hydrogen-bond donors (Lipinski definition) is 5. The van der Waals surface area contributed by atoms with E-state index in [9.17, 15) is 19.2 Å². The summed E-state index contributed by atoms with van der Waals surface area (Å²) in [5.41, 5.74) is 0.883. The molecule has 216 valence electrons. The summed E-state index contributed by atoms with van der Waals surface area (Å²) in [6, 6.07) is 9.67. The van der Waals surface area contributed by atoms with Crippen molar-refractivity contribution in [3.05, 3.63) is 35.9 Å². The van der Waals surface area contributed by atoms with Crippen LogP contribution in [-0.2, 0) is 35.3 Å². The van der Waals surface area contributed by atoms with Gasteiger partial charge in [-0.2, -0.15) is 11.8 Å². The normalized spacial score (nSPS) is 20.4. The molecule has 4 amide bonds. The van der Waals surface area contributed by atoms with Crippen LogP contribution in [0.15, 0.2) is 30.3 Å². The first-order chi connectivity index (χ1) is 18.9. The van der Waals surface area contributed by atoms with Crippen molar-refractivity contribution in [1.82, 2.24) is 21.3 Å². The van der Waals surface area contributed by atoms with Gasteiger partial charge in [-0.15, -0.1) is 0 Å². The molecule has 0 bridgehead atoms. The van der Waals surface area contributed by atoms with Gasteiger partial charge in [0.05, 0.1) is 31.2 Å². The van der Waals surface area contributed by atoms with E-state index in [-0.39, 0.29) is 62.7 Å². The zero-order chi connectivity index (χ0) is 27.9. The molecule has 1 aromatic carbocycles. The third-order valence-corrected chi connectivity index (χ3v) is 8.01. The second-order valence-electron chi connectivity index (χ2n) is 9.51. The Balaban J connectivity index is 1.30. The lowest BCUT2D eigenvalue weighted by molar-refractivity contribution is -0.148. The van der Waals surface area contributed by atoms with E-state index in [4.69, 9.17) is 15.4 Å². The highest BCUT2D eigenvalue weighted by molar-refractivity contribution is 8.00. The summed E-state index contributed by atoms with van der Waals surface area (Å²) in [7, 11) is 0. The molecule has 12 nitrogen and oxygen atoms in total. The van der Waals surface area contributed by atoms with Crippen LogP contribution in [0.5, 0.6) is 0 Å². The lowest BCUT2D eigenvalue weighted by atomic mass is 10.0. The number of nitrogens with one attached hydrogen (secondary N) is 4. The minimum absolute atomic E-state index is 0.0149. The molecule has 0 aromatic heterocycles. The van der Waals surface area contributed by atoms with E-state index in [1.54, 1.807) is 0 Å². The molecule has 0 spiro atoms. The smallest absolute Gasteiger partial charge is 0.315 e. The number of carbonyl (C=O) groups is 4. The van der Waals surface area contributed by atoms with E-state index in [1.165, 1.54) is 0 Å². The molecule has 2 saturated heterocycles. The van der Waals surface area contributed by atoms with E-state index in [1.807, 2.05) is 42.1 Å². The first-order valence-electron chi connectivity index (χ1n) is 13.3. The Morgan fingerprint density at radius 3 is 2.67 bits per heavy atom. The van der Waals surface area contributed by atoms with Crippen LogP contribution in [-0.4, -0.2) is 79.3 Å². The fraction of sp³-hybridized carbons (Fsp3) is 0.615. The van der Waals surface area contributed by atoms with E-state index in [0.29, 0.717) is 24.6 Å². The molecule has 2 aliphatic rings. The summed E-state index contributed by atoms with van der Waals surface area (Å²) in [5, 5.41) is 11.8. The summed E-state index contributed by atoms with van der Waals surface area (Å²) in [6.45, 7) is 0.703. The molecule has 0 radical (unpaired) electrons. The summed E-state index contributed by atoms with van der Waals surface area (Å²) in [4.78, 5) is 52.0. The van der Waals surface area contributed by atoms with Crippen LogP contribution >= 0.6 is 11.8 Å². The highest BCUT2D eigenvalue weighted by atomic mass is 32.2. The third kappa shape index (κ3) is 11.4. The van der Waals surface area contributed by atoms with Crippen LogP contribution in [0.4, 0.5) is 4.79 Å². The third-order valence-electron chi connectivity index (χ3n) is 6.50. The Morgan fingerprint density at radius 1 is 1.08 bits per heavy atom. The SMILES string of the molecule is NOCC(=O)NCCC(CC(=O)OCc1ccccc1)OCCNC(=O)CCCCC1SC[C@@H]2NC(=O)N[C@H]12. The number of nitrogens with two attached hydrogens (primary N) is 1. The lowest BCUT2D eigenvalue weighted by Gasteiger charge is -2.18. The number of fused-ring (bicyclic) bond motifs is 1. The average Bonchev–Trinajstić information content (AvgIpc) is 3.47. The summed E-state index contributed by atoms with van der Waals surface area (Å²) >= 11 is 1.87. The van der Waals surface area contributed by atoms with Crippen LogP contribution in [0.25, 0.3) is 0 Å². The Kier molecular flexibility index (Phi) is 13.3. The maximum Gasteiger partial charge on any atom is 0.315 e. The van der Waals surface area contributed by atoms with Gasteiger partial charge in [-0.3, -0.25) is 19.2 Å². The summed E-state index contributed by atoms with van der Waals surface area (Å²) in [5.74, 6) is 4.99. The molecule has 2 fully saturated rings. The molecule has 6 N–H and O–H groups in total. The predicted octanol–water partition coefficient (Wildman–Crippen LogP) is 0.744. The Hall–Kier alpha value is -2.87. The second-order valence-corrected chi connectivity index (χ2v) is 10.8. The van der Waals surface area contributed by atoms with Crippen LogP contribution in [0, 0.1) is 0 Å². The van der Waals surface area contributed by atoms with Gasteiger partial charge in [-0.05, 0) is 24.8 Å². The van der Waals surface area contributed by atoms with Crippen LogP contribution in [0.2, 0.25) is 0 Å². The van der Waals surface area contributed by atoms with Crippen molar-refractivity contribution in [2.24, 2.45) is 5.90 Å². The number of esters is 1. The van der Waals surface area contributed by atoms with Crippen LogP contribution < -0.4 is 27.2 Å². The molecule has 2 unspecified atom stereocenters. The van der Waals surface area contributed by atoms with Crippen molar-refractivity contribution in [2.75, 3.05) is 32.1 Å². The number of ether oxygens (including phenoxy) is 2. The van der Waals surface area contributed by atoms with Gasteiger partial charge in [0.1, 0.15) is 13.2 Å². The first-order valence-corrected chi connectivity index (χ1v) is 14.3. The van der Waals surface area contributed by atoms with E-state index in [0.717, 1.165) is 30.6 Å². The lowest BCUT2D eigenvalue weighted by Crippen LogP contribution is -2.36. The molecule has 13 heteroatoms. The van der Waals surface area contributed by atoms with E-state index in [2.05, 4.69) is 26.1 Å². The molecule has 3 rings (SSSR count). The standard InChI is InChI=1S/C26H39N5O7S/c27-38-16-23(33)28-11-10-19(14-24(34)37-15-18-6-2-1-3-7-18)36-13-12-29-22(32)9-5-4-8-21-25-20(17-39-21)30-26(35)31-25/h1-3,6-7,19-21,25H,4-5,8-17,27H2,(H,28,33)(H,29,32)(H2,30,31,35)/t19?,20-,21?,25-/m0/s1. The number of urea groups is 1. The number of thioether (sulfide) groups is 1. The molecule has 4 atom stereocenters. The first kappa shape index (κ1) is 30.7. The topological polar surface area (TPSA) is 170 Å². The van der Waals surface area contributed by atoms with Gasteiger partial charge in [0, 0.05) is 30.5 Å². The number of carbonyl (C=O) groups excluding carboxylic acids is 4. The maximum absolute atomic E-state index is 12.4. The molecule has 2 aliphatic heterocycles. The molecule has 39 heavy (non-hydrogen) atoms. The number of rotatable bonds is 18. The van der Waals surface area contributed by atoms with Crippen molar-refractivity contribution in [3.63, 3.8) is 0 Å². The second kappa shape index (κ2) is 17.0. The summed E-state index contributed by atoms with van der Waals surface area (Å²) in [6.07, 6.45) is 2.95. The monoisotopic (exact) mass is 565 g/mol. The number of benzene rings is 1. The van der Waals surface area contributed by atoms with Crippen LogP contribution in [0.1, 0.15) is 44.1 Å². The Labute approximate surface area is 232 Å². The molecule has 0 aliphatic carbocycles. The molecule has 2 heterocycles. The highest BCUT2D eigenvalue weighted by Crippen LogP contribution is 2.33. The average molecular weight is 566 g/mol. The highest BCUT2D eigenvalue weighted by Gasteiger charge is 2.42. The minimum atomic E-state index is -0.498. The van der Waals surface area contributed by atoms with Gasteiger partial charge in [0.2, 0.25) is 11.8 Å². The van der Waals surface area contributed by atoms with Gasteiger partial charge in [0.15, 0.2) is 0 Å². The molecular formula is C26H39N5O7S. The maximum atomic E-state index is 12.4. The fourth-order valence-corrected chi connectivity index (χ4v) is 6.05. The number of hydrogen-bond acceptors (Lipinski definition) is 9. The molecule has 0 saturated carbocycles. The zero-order valence-corrected chi connectivity index (χ0v) is 22.8. The Bertz CT molecular complexity index is 939. The van der Waals surface area contributed by atoms with Gasteiger partial charge in [-0.1, -0.05) is 36.8 Å². The number of amides is 4. The molecule has 1 aromatic rings. The van der Waals surface area contributed by atoms with Gasteiger partial charge < -0.3 is 30.7 Å². The Morgan fingerprint density at radius 2 is 1.87 bits per heavy atom. The van der Waals surface area contributed by atoms with Crippen LogP contribution in [0.3, 0.4) is 0 Å². The van der Waals surface area contributed by atoms with Crippen molar-refractivity contribution >= 4 is 35.6 Å².